The maximum absolute atomic E-state index is 9.57. The van der Waals surface area contributed by atoms with E-state index < -0.39 is 6.10 Å². The minimum Gasteiger partial charge on any atom is -0.392 e. The number of aliphatic hydroxyl groups is 1. The maximum atomic E-state index is 9.57. The standard InChI is InChI=1S/C15H23N3O2/c1-2-3-11-4-6-12(7-5-11)15-17-14(20-18-15)10-13(19)8-9-16/h11-13,19H,2-8,10H2,1H3. The number of nitrogens with zero attached hydrogens (tertiary/aromatic N) is 3. The van der Waals surface area contributed by atoms with Gasteiger partial charge in [0.2, 0.25) is 5.89 Å². The van der Waals surface area contributed by atoms with Crippen LogP contribution in [0.15, 0.2) is 4.52 Å². The Labute approximate surface area is 120 Å². The first-order valence-electron chi connectivity index (χ1n) is 7.60. The molecule has 5 heteroatoms. The molecular weight excluding hydrogens is 254 g/mol. The van der Waals surface area contributed by atoms with Crippen molar-refractivity contribution in [3.8, 4) is 6.07 Å². The highest BCUT2D eigenvalue weighted by atomic mass is 16.5. The predicted molar refractivity (Wildman–Crippen MR) is 73.8 cm³/mol. The summed E-state index contributed by atoms with van der Waals surface area (Å²) in [6, 6.07) is 1.93. The monoisotopic (exact) mass is 277 g/mol. The Morgan fingerprint density at radius 1 is 1.40 bits per heavy atom. The SMILES string of the molecule is CCCC1CCC(c2noc(CC(O)CC#N)n2)CC1. The van der Waals surface area contributed by atoms with Crippen molar-refractivity contribution in [1.82, 2.24) is 10.1 Å². The zero-order chi connectivity index (χ0) is 14.4. The van der Waals surface area contributed by atoms with Crippen molar-refractivity contribution in [2.45, 2.75) is 70.3 Å². The maximum Gasteiger partial charge on any atom is 0.229 e. The minimum atomic E-state index is -0.714. The van der Waals surface area contributed by atoms with E-state index in [4.69, 9.17) is 9.78 Å². The number of aromatic nitrogens is 2. The van der Waals surface area contributed by atoms with Gasteiger partial charge in [-0.3, -0.25) is 0 Å². The molecule has 1 heterocycles. The summed E-state index contributed by atoms with van der Waals surface area (Å²) in [5.74, 6) is 2.48. The van der Waals surface area contributed by atoms with Crippen LogP contribution in [0.5, 0.6) is 0 Å². The zero-order valence-electron chi connectivity index (χ0n) is 12.1. The van der Waals surface area contributed by atoms with E-state index in [1.54, 1.807) is 0 Å². The highest BCUT2D eigenvalue weighted by Crippen LogP contribution is 2.36. The first kappa shape index (κ1) is 15.0. The summed E-state index contributed by atoms with van der Waals surface area (Å²) in [6.07, 6.45) is 7.00. The average Bonchev–Trinajstić information content (AvgIpc) is 2.88. The second-order valence-corrected chi connectivity index (χ2v) is 5.77. The molecule has 2 rings (SSSR count). The Hall–Kier alpha value is -1.41. The molecule has 20 heavy (non-hydrogen) atoms. The first-order chi connectivity index (χ1) is 9.72. The largest absolute Gasteiger partial charge is 0.392 e. The Bertz CT molecular complexity index is 444. The zero-order valence-corrected chi connectivity index (χ0v) is 12.1. The van der Waals surface area contributed by atoms with Crippen molar-refractivity contribution >= 4 is 0 Å². The molecule has 0 saturated heterocycles. The van der Waals surface area contributed by atoms with Gasteiger partial charge in [0.25, 0.3) is 0 Å². The van der Waals surface area contributed by atoms with E-state index in [2.05, 4.69) is 17.1 Å². The second-order valence-electron chi connectivity index (χ2n) is 5.77. The van der Waals surface area contributed by atoms with Gasteiger partial charge in [-0.05, 0) is 31.6 Å². The molecule has 0 amide bonds. The molecule has 1 saturated carbocycles. The molecule has 0 aliphatic heterocycles. The summed E-state index contributed by atoms with van der Waals surface area (Å²) in [7, 11) is 0. The molecule has 0 spiro atoms. The molecule has 1 aliphatic carbocycles. The number of nitriles is 1. The number of rotatable bonds is 6. The van der Waals surface area contributed by atoms with Crippen LogP contribution in [0.2, 0.25) is 0 Å². The van der Waals surface area contributed by atoms with E-state index in [-0.39, 0.29) is 12.8 Å². The van der Waals surface area contributed by atoms with Gasteiger partial charge in [-0.15, -0.1) is 0 Å². The van der Waals surface area contributed by atoms with E-state index in [1.807, 2.05) is 6.07 Å². The van der Waals surface area contributed by atoms with Crippen molar-refractivity contribution in [3.05, 3.63) is 11.7 Å². The van der Waals surface area contributed by atoms with Crippen LogP contribution in [-0.4, -0.2) is 21.4 Å². The molecule has 0 aromatic carbocycles. The van der Waals surface area contributed by atoms with Gasteiger partial charge in [-0.25, -0.2) is 0 Å². The third-order valence-corrected chi connectivity index (χ3v) is 4.13. The molecular formula is C15H23N3O2. The van der Waals surface area contributed by atoms with E-state index >= 15 is 0 Å². The average molecular weight is 277 g/mol. The van der Waals surface area contributed by atoms with Crippen LogP contribution >= 0.6 is 0 Å². The highest BCUT2D eigenvalue weighted by molar-refractivity contribution is 4.98. The van der Waals surface area contributed by atoms with Gasteiger partial charge >= 0.3 is 0 Å². The summed E-state index contributed by atoms with van der Waals surface area (Å²) in [6.45, 7) is 2.24. The Balaban J connectivity index is 1.85. The molecule has 1 fully saturated rings. The van der Waals surface area contributed by atoms with Crippen LogP contribution < -0.4 is 0 Å². The van der Waals surface area contributed by atoms with Crippen LogP contribution in [0.3, 0.4) is 0 Å². The topological polar surface area (TPSA) is 82.9 Å². The summed E-state index contributed by atoms with van der Waals surface area (Å²) in [5.41, 5.74) is 0. The van der Waals surface area contributed by atoms with Gasteiger partial charge in [-0.1, -0.05) is 24.9 Å². The van der Waals surface area contributed by atoms with Crippen LogP contribution in [-0.2, 0) is 6.42 Å². The molecule has 110 valence electrons. The normalized spacial score (nSPS) is 24.2. The van der Waals surface area contributed by atoms with Crippen LogP contribution in [0, 0.1) is 17.2 Å². The van der Waals surface area contributed by atoms with Gasteiger partial charge in [0, 0.05) is 5.92 Å². The quantitative estimate of drug-likeness (QED) is 0.864. The fraction of sp³-hybridized carbons (Fsp3) is 0.800. The third-order valence-electron chi connectivity index (χ3n) is 4.13. The number of hydrogen-bond acceptors (Lipinski definition) is 5. The second kappa shape index (κ2) is 7.39. The minimum absolute atomic E-state index is 0.0971. The Morgan fingerprint density at radius 2 is 2.15 bits per heavy atom. The van der Waals surface area contributed by atoms with E-state index in [0.717, 1.165) is 24.6 Å². The van der Waals surface area contributed by atoms with Crippen molar-refractivity contribution < 1.29 is 9.63 Å². The Morgan fingerprint density at radius 3 is 2.80 bits per heavy atom. The fourth-order valence-electron chi connectivity index (χ4n) is 3.01. The molecule has 1 N–H and O–H groups in total. The third kappa shape index (κ3) is 4.04. The molecule has 1 aromatic rings. The molecule has 1 aromatic heterocycles. The lowest BCUT2D eigenvalue weighted by Crippen LogP contribution is -2.14. The summed E-state index contributed by atoms with van der Waals surface area (Å²) in [4.78, 5) is 4.38. The van der Waals surface area contributed by atoms with Crippen molar-refractivity contribution in [2.24, 2.45) is 5.92 Å². The van der Waals surface area contributed by atoms with E-state index in [1.165, 1.54) is 25.7 Å². The van der Waals surface area contributed by atoms with Crippen molar-refractivity contribution in [3.63, 3.8) is 0 Å². The van der Waals surface area contributed by atoms with Gasteiger partial charge < -0.3 is 9.63 Å². The first-order valence-corrected chi connectivity index (χ1v) is 7.60. The summed E-state index contributed by atoms with van der Waals surface area (Å²) >= 11 is 0. The molecule has 1 atom stereocenters. The number of aliphatic hydroxyl groups excluding tert-OH is 1. The van der Waals surface area contributed by atoms with Crippen LogP contribution in [0.1, 0.15) is 69.5 Å². The van der Waals surface area contributed by atoms with Crippen LogP contribution in [0.25, 0.3) is 0 Å². The Kier molecular flexibility index (Phi) is 5.54. The molecule has 0 bridgehead atoms. The highest BCUT2D eigenvalue weighted by Gasteiger charge is 2.25. The molecule has 5 nitrogen and oxygen atoms in total. The van der Waals surface area contributed by atoms with Gasteiger partial charge in [-0.2, -0.15) is 10.2 Å². The van der Waals surface area contributed by atoms with Crippen molar-refractivity contribution in [1.29, 1.82) is 5.26 Å². The lowest BCUT2D eigenvalue weighted by Gasteiger charge is -2.26. The smallest absolute Gasteiger partial charge is 0.229 e. The molecule has 0 radical (unpaired) electrons. The van der Waals surface area contributed by atoms with Gasteiger partial charge in [0.1, 0.15) is 0 Å². The predicted octanol–water partition coefficient (Wildman–Crippen LogP) is 2.96. The summed E-state index contributed by atoms with van der Waals surface area (Å²) < 4.78 is 5.18. The number of hydrogen-bond donors (Lipinski definition) is 1. The molecule has 1 aliphatic rings. The van der Waals surface area contributed by atoms with Crippen LogP contribution in [0.4, 0.5) is 0 Å². The van der Waals surface area contributed by atoms with Crippen molar-refractivity contribution in [2.75, 3.05) is 0 Å². The lowest BCUT2D eigenvalue weighted by molar-refractivity contribution is 0.166. The van der Waals surface area contributed by atoms with E-state index in [9.17, 15) is 5.11 Å². The lowest BCUT2D eigenvalue weighted by atomic mass is 9.80. The van der Waals surface area contributed by atoms with Gasteiger partial charge in [0.05, 0.1) is 25.0 Å². The molecule has 1 unspecified atom stereocenters. The summed E-state index contributed by atoms with van der Waals surface area (Å²) in [5, 5.41) is 22.1. The van der Waals surface area contributed by atoms with Gasteiger partial charge in [0.15, 0.2) is 5.82 Å². The fourth-order valence-corrected chi connectivity index (χ4v) is 3.01. The van der Waals surface area contributed by atoms with E-state index in [0.29, 0.717) is 11.8 Å².